The Kier molecular flexibility index (Phi) is 6.87. The summed E-state index contributed by atoms with van der Waals surface area (Å²) in [5.41, 5.74) is 1.83. The van der Waals surface area contributed by atoms with E-state index in [0.29, 0.717) is 29.4 Å². The quantitative estimate of drug-likeness (QED) is 0.453. The maximum atomic E-state index is 11.5. The molecule has 4 rings (SSSR count). The molecule has 31 heavy (non-hydrogen) atoms. The lowest BCUT2D eigenvalue weighted by molar-refractivity contribution is -0.120. The zero-order valence-electron chi connectivity index (χ0n) is 17.7. The number of amides is 1. The Morgan fingerprint density at radius 1 is 1.03 bits per heavy atom. The summed E-state index contributed by atoms with van der Waals surface area (Å²) in [7, 11) is 1.70. The van der Waals surface area contributed by atoms with E-state index in [1.165, 1.54) is 0 Å². The standard InChI is InChI=1S/C24H28ClN5O/c1-26-22(31)15-8-16-6-11-19(12-7-16)28-24-29-21-5-3-2-4-20(21)23(30-24)27-18-13-9-17(25)10-14-18/h2-5,9-10,13-14,16,19H,6-8,11-12,15H2,1H3,(H,26,31)(H2,27,28,29,30). The summed E-state index contributed by atoms with van der Waals surface area (Å²) in [6.45, 7) is 0. The van der Waals surface area contributed by atoms with Gasteiger partial charge in [0.05, 0.1) is 5.52 Å². The number of fused-ring (bicyclic) bond motifs is 1. The molecule has 0 saturated heterocycles. The van der Waals surface area contributed by atoms with E-state index >= 15 is 0 Å². The summed E-state index contributed by atoms with van der Waals surface area (Å²) in [4.78, 5) is 21.0. The third kappa shape index (κ3) is 5.64. The van der Waals surface area contributed by atoms with Crippen molar-refractivity contribution in [1.29, 1.82) is 0 Å². The maximum absolute atomic E-state index is 11.5. The van der Waals surface area contributed by atoms with Gasteiger partial charge in [-0.1, -0.05) is 23.7 Å². The molecular weight excluding hydrogens is 410 g/mol. The Morgan fingerprint density at radius 2 is 1.77 bits per heavy atom. The number of aromatic nitrogens is 2. The number of para-hydroxylation sites is 1. The van der Waals surface area contributed by atoms with Gasteiger partial charge in [-0.3, -0.25) is 4.79 Å². The molecule has 3 aromatic rings. The van der Waals surface area contributed by atoms with Gasteiger partial charge in [0, 0.05) is 35.6 Å². The van der Waals surface area contributed by atoms with Crippen LogP contribution in [0.5, 0.6) is 0 Å². The van der Waals surface area contributed by atoms with E-state index in [9.17, 15) is 4.79 Å². The summed E-state index contributed by atoms with van der Waals surface area (Å²) >= 11 is 6.01. The second-order valence-electron chi connectivity index (χ2n) is 8.12. The molecule has 0 bridgehead atoms. The fourth-order valence-electron chi connectivity index (χ4n) is 4.14. The minimum atomic E-state index is 0.130. The first kappa shape index (κ1) is 21.4. The highest BCUT2D eigenvalue weighted by Gasteiger charge is 2.22. The van der Waals surface area contributed by atoms with Gasteiger partial charge in [-0.15, -0.1) is 0 Å². The van der Waals surface area contributed by atoms with Crippen LogP contribution in [0.25, 0.3) is 10.9 Å². The largest absolute Gasteiger partial charge is 0.359 e. The second kappa shape index (κ2) is 9.96. The van der Waals surface area contributed by atoms with E-state index in [4.69, 9.17) is 21.6 Å². The van der Waals surface area contributed by atoms with E-state index in [1.807, 2.05) is 48.5 Å². The molecule has 1 aromatic heterocycles. The minimum Gasteiger partial charge on any atom is -0.359 e. The molecule has 0 spiro atoms. The van der Waals surface area contributed by atoms with Crippen LogP contribution in [0, 0.1) is 5.92 Å². The fraction of sp³-hybridized carbons (Fsp3) is 0.375. The van der Waals surface area contributed by atoms with Gasteiger partial charge >= 0.3 is 0 Å². The summed E-state index contributed by atoms with van der Waals surface area (Å²) in [6.07, 6.45) is 5.96. The SMILES string of the molecule is CNC(=O)CCC1CCC(Nc2nc(Nc3ccc(Cl)cc3)c3ccccc3n2)CC1. The molecule has 1 aliphatic rings. The van der Waals surface area contributed by atoms with Gasteiger partial charge in [-0.2, -0.15) is 4.98 Å². The molecule has 1 heterocycles. The molecule has 2 aromatic carbocycles. The number of hydrogen-bond donors (Lipinski definition) is 3. The van der Waals surface area contributed by atoms with Gasteiger partial charge < -0.3 is 16.0 Å². The van der Waals surface area contributed by atoms with Gasteiger partial charge in [-0.25, -0.2) is 4.98 Å². The van der Waals surface area contributed by atoms with Crippen LogP contribution >= 0.6 is 11.6 Å². The highest BCUT2D eigenvalue weighted by Crippen LogP contribution is 2.31. The van der Waals surface area contributed by atoms with Crippen molar-refractivity contribution in [1.82, 2.24) is 15.3 Å². The Morgan fingerprint density at radius 3 is 2.52 bits per heavy atom. The molecule has 1 amide bonds. The van der Waals surface area contributed by atoms with Crippen LogP contribution in [0.15, 0.2) is 48.5 Å². The number of anilines is 3. The van der Waals surface area contributed by atoms with E-state index in [0.717, 1.165) is 54.5 Å². The molecule has 7 heteroatoms. The molecule has 0 atom stereocenters. The summed E-state index contributed by atoms with van der Waals surface area (Å²) in [6, 6.07) is 15.9. The third-order valence-electron chi connectivity index (χ3n) is 5.95. The Hall–Kier alpha value is -2.86. The van der Waals surface area contributed by atoms with Crippen LogP contribution in [0.1, 0.15) is 38.5 Å². The predicted octanol–water partition coefficient (Wildman–Crippen LogP) is 5.52. The maximum Gasteiger partial charge on any atom is 0.225 e. The van der Waals surface area contributed by atoms with Crippen molar-refractivity contribution in [2.24, 2.45) is 5.92 Å². The Labute approximate surface area is 187 Å². The molecular formula is C24H28ClN5O. The highest BCUT2D eigenvalue weighted by atomic mass is 35.5. The summed E-state index contributed by atoms with van der Waals surface area (Å²) in [5.74, 6) is 2.17. The van der Waals surface area contributed by atoms with Crippen LogP contribution in [-0.4, -0.2) is 29.0 Å². The monoisotopic (exact) mass is 437 g/mol. The van der Waals surface area contributed by atoms with Gasteiger partial charge in [0.15, 0.2) is 0 Å². The number of carbonyl (C=O) groups excluding carboxylic acids is 1. The smallest absolute Gasteiger partial charge is 0.225 e. The molecule has 162 valence electrons. The molecule has 1 fully saturated rings. The summed E-state index contributed by atoms with van der Waals surface area (Å²) in [5, 5.41) is 11.3. The van der Waals surface area contributed by atoms with Crippen molar-refractivity contribution >= 4 is 45.9 Å². The second-order valence-corrected chi connectivity index (χ2v) is 8.56. The van der Waals surface area contributed by atoms with E-state index in [2.05, 4.69) is 16.0 Å². The van der Waals surface area contributed by atoms with E-state index < -0.39 is 0 Å². The van der Waals surface area contributed by atoms with Crippen molar-refractivity contribution in [3.63, 3.8) is 0 Å². The highest BCUT2D eigenvalue weighted by molar-refractivity contribution is 6.30. The number of benzene rings is 2. The van der Waals surface area contributed by atoms with Crippen LogP contribution in [0.3, 0.4) is 0 Å². The minimum absolute atomic E-state index is 0.130. The number of nitrogens with zero attached hydrogens (tertiary/aromatic N) is 2. The topological polar surface area (TPSA) is 78.9 Å². The zero-order valence-corrected chi connectivity index (χ0v) is 18.5. The average Bonchev–Trinajstić information content (AvgIpc) is 2.80. The number of halogens is 1. The van der Waals surface area contributed by atoms with Crippen LogP contribution in [0.2, 0.25) is 5.02 Å². The number of carbonyl (C=O) groups is 1. The molecule has 3 N–H and O–H groups in total. The van der Waals surface area contributed by atoms with Crippen molar-refractivity contribution in [2.45, 2.75) is 44.6 Å². The summed E-state index contributed by atoms with van der Waals surface area (Å²) < 4.78 is 0. The third-order valence-corrected chi connectivity index (χ3v) is 6.20. The van der Waals surface area contributed by atoms with Gasteiger partial charge in [0.25, 0.3) is 0 Å². The van der Waals surface area contributed by atoms with Crippen molar-refractivity contribution in [3.8, 4) is 0 Å². The van der Waals surface area contributed by atoms with Crippen molar-refractivity contribution < 1.29 is 4.79 Å². The molecule has 1 aliphatic carbocycles. The number of hydrogen-bond acceptors (Lipinski definition) is 5. The van der Waals surface area contributed by atoms with E-state index in [-0.39, 0.29) is 5.91 Å². The normalized spacial score (nSPS) is 18.5. The Balaban J connectivity index is 1.45. The van der Waals surface area contributed by atoms with Gasteiger partial charge in [0.2, 0.25) is 11.9 Å². The predicted molar refractivity (Wildman–Crippen MR) is 127 cm³/mol. The van der Waals surface area contributed by atoms with Crippen LogP contribution in [0.4, 0.5) is 17.5 Å². The van der Waals surface area contributed by atoms with Crippen molar-refractivity contribution in [2.75, 3.05) is 17.7 Å². The first-order valence-electron chi connectivity index (χ1n) is 10.9. The lowest BCUT2D eigenvalue weighted by Crippen LogP contribution is -2.28. The molecule has 6 nitrogen and oxygen atoms in total. The number of nitrogens with one attached hydrogen (secondary N) is 3. The van der Waals surface area contributed by atoms with Crippen LogP contribution < -0.4 is 16.0 Å². The zero-order chi connectivity index (χ0) is 21.6. The van der Waals surface area contributed by atoms with Crippen molar-refractivity contribution in [3.05, 3.63) is 53.6 Å². The number of rotatable bonds is 7. The molecule has 1 saturated carbocycles. The van der Waals surface area contributed by atoms with E-state index in [1.54, 1.807) is 7.05 Å². The first-order chi connectivity index (χ1) is 15.1. The Bertz CT molecular complexity index is 1030. The molecule has 0 aliphatic heterocycles. The van der Waals surface area contributed by atoms with Crippen LogP contribution in [-0.2, 0) is 4.79 Å². The lowest BCUT2D eigenvalue weighted by atomic mass is 9.83. The fourth-order valence-corrected chi connectivity index (χ4v) is 4.27. The first-order valence-corrected chi connectivity index (χ1v) is 11.2. The average molecular weight is 438 g/mol. The molecule has 0 unspecified atom stereocenters. The van der Waals surface area contributed by atoms with Gasteiger partial charge in [0.1, 0.15) is 5.82 Å². The van der Waals surface area contributed by atoms with Gasteiger partial charge in [-0.05, 0) is 74.4 Å². The lowest BCUT2D eigenvalue weighted by Gasteiger charge is -2.29. The molecule has 0 radical (unpaired) electrons.